The number of nitrogen functional groups attached to an aromatic ring is 1. The molecule has 2 rings (SSSR count). The van der Waals surface area contributed by atoms with Crippen LogP contribution in [-0.4, -0.2) is 50.8 Å². The molecule has 1 aliphatic heterocycles. The van der Waals surface area contributed by atoms with Crippen LogP contribution in [0.25, 0.3) is 0 Å². The third-order valence-electron chi connectivity index (χ3n) is 3.77. The van der Waals surface area contributed by atoms with E-state index in [1.807, 2.05) is 11.9 Å². The van der Waals surface area contributed by atoms with Gasteiger partial charge in [0.2, 0.25) is 10.0 Å². The summed E-state index contributed by atoms with van der Waals surface area (Å²) in [7, 11) is -0.998. The molecule has 1 unspecified atom stereocenters. The number of likely N-dealkylation sites (N-methyl/N-ethyl adjacent to an activating group) is 2. The number of rotatable bonds is 3. The first-order valence-electron chi connectivity index (χ1n) is 6.64. The maximum atomic E-state index is 13.9. The number of nitrogens with two attached hydrogens (primary N) is 1. The molecule has 0 spiro atoms. The van der Waals surface area contributed by atoms with Crippen LogP contribution >= 0.6 is 0 Å². The van der Waals surface area contributed by atoms with Gasteiger partial charge in [0.25, 0.3) is 0 Å². The van der Waals surface area contributed by atoms with E-state index in [0.717, 1.165) is 29.4 Å². The van der Waals surface area contributed by atoms with E-state index in [1.165, 1.54) is 7.05 Å². The Morgan fingerprint density at radius 2 is 1.90 bits per heavy atom. The van der Waals surface area contributed by atoms with Gasteiger partial charge in [0.1, 0.15) is 11.6 Å². The fourth-order valence-electron chi connectivity index (χ4n) is 2.60. The predicted octanol–water partition coefficient (Wildman–Crippen LogP) is 1.26. The number of hydrogen-bond acceptors (Lipinski definition) is 4. The first-order valence-corrected chi connectivity index (χ1v) is 8.08. The Labute approximate surface area is 123 Å². The van der Waals surface area contributed by atoms with Crippen molar-refractivity contribution in [2.45, 2.75) is 23.8 Å². The zero-order valence-electron chi connectivity index (χ0n) is 12.0. The number of halogens is 2. The van der Waals surface area contributed by atoms with Crippen molar-refractivity contribution >= 4 is 15.7 Å². The highest BCUT2D eigenvalue weighted by Crippen LogP contribution is 2.27. The molecule has 0 amide bonds. The standard InChI is InChI=1S/C13H19F2N3O2S/c1-17-5-3-4-10(8-17)18(2)21(19,20)13-11(14)6-9(16)7-12(13)15/h6-7,10H,3-5,8,16H2,1-2H3. The van der Waals surface area contributed by atoms with Crippen LogP contribution in [0.15, 0.2) is 17.0 Å². The second-order valence-electron chi connectivity index (χ2n) is 5.39. The van der Waals surface area contributed by atoms with Gasteiger partial charge in [0, 0.05) is 25.3 Å². The second-order valence-corrected chi connectivity index (χ2v) is 7.33. The average Bonchev–Trinajstić information content (AvgIpc) is 2.36. The fraction of sp³-hybridized carbons (Fsp3) is 0.538. The number of likely N-dealkylation sites (tertiary alicyclic amines) is 1. The third-order valence-corrected chi connectivity index (χ3v) is 5.73. The quantitative estimate of drug-likeness (QED) is 0.852. The molecule has 0 radical (unpaired) electrons. The highest BCUT2D eigenvalue weighted by atomic mass is 32.2. The SMILES string of the molecule is CN1CCCC(N(C)S(=O)(=O)c2c(F)cc(N)cc2F)C1. The largest absolute Gasteiger partial charge is 0.399 e. The van der Waals surface area contributed by atoms with Gasteiger partial charge in [-0.05, 0) is 38.6 Å². The van der Waals surface area contributed by atoms with Gasteiger partial charge in [0.15, 0.2) is 4.90 Å². The number of piperidine rings is 1. The summed E-state index contributed by atoms with van der Waals surface area (Å²) in [6.07, 6.45) is 1.51. The first kappa shape index (κ1) is 16.1. The lowest BCUT2D eigenvalue weighted by Crippen LogP contribution is -2.47. The van der Waals surface area contributed by atoms with Crippen LogP contribution in [0, 0.1) is 11.6 Å². The molecule has 5 nitrogen and oxygen atoms in total. The Morgan fingerprint density at radius 3 is 2.43 bits per heavy atom. The second kappa shape index (κ2) is 5.86. The summed E-state index contributed by atoms with van der Waals surface area (Å²) in [5.41, 5.74) is 5.16. The Bertz CT molecular complexity index is 613. The monoisotopic (exact) mass is 319 g/mol. The number of benzene rings is 1. The average molecular weight is 319 g/mol. The van der Waals surface area contributed by atoms with Crippen molar-refractivity contribution in [2.24, 2.45) is 0 Å². The minimum atomic E-state index is -4.24. The van der Waals surface area contributed by atoms with E-state index in [-0.39, 0.29) is 11.7 Å². The molecule has 0 bridgehead atoms. The topological polar surface area (TPSA) is 66.6 Å². The molecule has 1 fully saturated rings. The maximum absolute atomic E-state index is 13.9. The zero-order chi connectivity index (χ0) is 15.8. The van der Waals surface area contributed by atoms with E-state index in [2.05, 4.69) is 0 Å². The van der Waals surface area contributed by atoms with E-state index in [9.17, 15) is 17.2 Å². The van der Waals surface area contributed by atoms with Crippen LogP contribution in [0.5, 0.6) is 0 Å². The van der Waals surface area contributed by atoms with Crippen LogP contribution in [-0.2, 0) is 10.0 Å². The van der Waals surface area contributed by atoms with Gasteiger partial charge in [-0.1, -0.05) is 0 Å². The van der Waals surface area contributed by atoms with Gasteiger partial charge in [-0.2, -0.15) is 4.31 Å². The molecule has 1 heterocycles. The van der Waals surface area contributed by atoms with Crippen molar-refractivity contribution < 1.29 is 17.2 Å². The highest BCUT2D eigenvalue weighted by molar-refractivity contribution is 7.89. The molecule has 1 saturated heterocycles. The van der Waals surface area contributed by atoms with Crippen molar-refractivity contribution in [3.63, 3.8) is 0 Å². The first-order chi connectivity index (χ1) is 9.73. The summed E-state index contributed by atoms with van der Waals surface area (Å²) >= 11 is 0. The Hall–Kier alpha value is -1.25. The molecule has 8 heteroatoms. The molecule has 21 heavy (non-hydrogen) atoms. The molecule has 0 aliphatic carbocycles. The molecule has 1 aromatic carbocycles. The van der Waals surface area contributed by atoms with Crippen LogP contribution in [0.2, 0.25) is 0 Å². The lowest BCUT2D eigenvalue weighted by atomic mass is 10.1. The van der Waals surface area contributed by atoms with Crippen LogP contribution in [0.4, 0.5) is 14.5 Å². The number of anilines is 1. The number of sulfonamides is 1. The van der Waals surface area contributed by atoms with Gasteiger partial charge in [-0.25, -0.2) is 17.2 Å². The highest BCUT2D eigenvalue weighted by Gasteiger charge is 2.34. The van der Waals surface area contributed by atoms with Crippen LogP contribution < -0.4 is 5.73 Å². The molecule has 0 saturated carbocycles. The molecule has 2 N–H and O–H groups in total. The maximum Gasteiger partial charge on any atom is 0.248 e. The Morgan fingerprint density at radius 1 is 1.33 bits per heavy atom. The molecule has 0 aromatic heterocycles. The fourth-order valence-corrected chi connectivity index (χ4v) is 4.07. The number of hydrogen-bond donors (Lipinski definition) is 1. The summed E-state index contributed by atoms with van der Waals surface area (Å²) in [4.78, 5) is 1.06. The minimum absolute atomic E-state index is 0.149. The van der Waals surface area contributed by atoms with Crippen molar-refractivity contribution in [2.75, 3.05) is 32.9 Å². The van der Waals surface area contributed by atoms with Crippen LogP contribution in [0.3, 0.4) is 0 Å². The van der Waals surface area contributed by atoms with Crippen molar-refractivity contribution in [3.05, 3.63) is 23.8 Å². The van der Waals surface area contributed by atoms with E-state index in [0.29, 0.717) is 13.0 Å². The van der Waals surface area contributed by atoms with E-state index in [4.69, 9.17) is 5.73 Å². The van der Waals surface area contributed by atoms with E-state index >= 15 is 0 Å². The molecule has 1 aromatic rings. The van der Waals surface area contributed by atoms with Gasteiger partial charge in [0.05, 0.1) is 0 Å². The summed E-state index contributed by atoms with van der Waals surface area (Å²) in [6.45, 7) is 1.42. The third kappa shape index (κ3) is 3.17. The smallest absolute Gasteiger partial charge is 0.248 e. The van der Waals surface area contributed by atoms with Crippen LogP contribution in [0.1, 0.15) is 12.8 Å². The van der Waals surface area contributed by atoms with Gasteiger partial charge < -0.3 is 10.6 Å². The number of nitrogens with zero attached hydrogens (tertiary/aromatic N) is 2. The molecule has 1 aliphatic rings. The molecular weight excluding hydrogens is 300 g/mol. The summed E-state index contributed by atoms with van der Waals surface area (Å²) in [5.74, 6) is -2.33. The summed E-state index contributed by atoms with van der Waals surface area (Å²) in [6, 6.07) is 1.33. The Kier molecular flexibility index (Phi) is 4.50. The molecule has 118 valence electrons. The minimum Gasteiger partial charge on any atom is -0.399 e. The van der Waals surface area contributed by atoms with E-state index in [1.54, 1.807) is 0 Å². The predicted molar refractivity (Wildman–Crippen MR) is 76.2 cm³/mol. The Balaban J connectivity index is 2.38. The van der Waals surface area contributed by atoms with Gasteiger partial charge in [-0.3, -0.25) is 0 Å². The van der Waals surface area contributed by atoms with Gasteiger partial charge >= 0.3 is 0 Å². The summed E-state index contributed by atoms with van der Waals surface area (Å²) < 4.78 is 53.8. The van der Waals surface area contributed by atoms with Crippen molar-refractivity contribution in [1.82, 2.24) is 9.21 Å². The normalized spacial score (nSPS) is 20.9. The lowest BCUT2D eigenvalue weighted by molar-refractivity contribution is 0.187. The lowest BCUT2D eigenvalue weighted by Gasteiger charge is -2.35. The zero-order valence-corrected chi connectivity index (χ0v) is 12.8. The molecule has 1 atom stereocenters. The van der Waals surface area contributed by atoms with E-state index < -0.39 is 26.6 Å². The van der Waals surface area contributed by atoms with Crippen molar-refractivity contribution in [3.8, 4) is 0 Å². The van der Waals surface area contributed by atoms with Gasteiger partial charge in [-0.15, -0.1) is 0 Å². The summed E-state index contributed by atoms with van der Waals surface area (Å²) in [5, 5.41) is 0. The molecular formula is C13H19F2N3O2S. The van der Waals surface area contributed by atoms with Crippen molar-refractivity contribution in [1.29, 1.82) is 0 Å².